The number of carbonyl (C=O) groups excluding carboxylic acids is 1. The number of alkyl carbamates (subject to hydrolysis) is 1. The van der Waals surface area contributed by atoms with Crippen LogP contribution in [-0.4, -0.2) is 63.5 Å². The summed E-state index contributed by atoms with van der Waals surface area (Å²) in [6, 6.07) is 0.0107. The molecule has 0 saturated heterocycles. The van der Waals surface area contributed by atoms with Crippen molar-refractivity contribution in [2.24, 2.45) is 18.0 Å². The summed E-state index contributed by atoms with van der Waals surface area (Å²) in [7, 11) is 3.93. The number of hydrogen-bond donors (Lipinski definition) is 2. The number of nitrogens with one attached hydrogen (secondary N) is 2. The summed E-state index contributed by atoms with van der Waals surface area (Å²) in [6.07, 6.45) is 0.401. The molecule has 30 heavy (non-hydrogen) atoms. The highest BCUT2D eigenvalue weighted by Gasteiger charge is 2.22. The Bertz CT molecular complexity index is 683. The third-order valence-electron chi connectivity index (χ3n) is 4.53. The van der Waals surface area contributed by atoms with Gasteiger partial charge >= 0.3 is 6.09 Å². The van der Waals surface area contributed by atoms with E-state index in [1.165, 1.54) is 0 Å². The molecule has 0 saturated carbocycles. The Labute approximate surface area is 198 Å². The van der Waals surface area contributed by atoms with Crippen LogP contribution in [0.25, 0.3) is 0 Å². The molecular weight excluding hydrogens is 497 g/mol. The number of rotatable bonds is 8. The Balaban J connectivity index is 0.00000841. The van der Waals surface area contributed by atoms with Crippen LogP contribution in [0.4, 0.5) is 4.79 Å². The maximum Gasteiger partial charge on any atom is 0.407 e. The van der Waals surface area contributed by atoms with E-state index in [0.29, 0.717) is 6.54 Å². The predicted octanol–water partition coefficient (Wildman–Crippen LogP) is 3.08. The molecule has 0 aromatic carbocycles. The second kappa shape index (κ2) is 13.0. The van der Waals surface area contributed by atoms with Crippen LogP contribution in [0, 0.1) is 12.8 Å². The highest BCUT2D eigenvalue weighted by molar-refractivity contribution is 14.0. The number of guanidine groups is 1. The van der Waals surface area contributed by atoms with Crippen molar-refractivity contribution in [2.75, 3.05) is 20.1 Å². The molecular formula is C20H40IN7O2. The Morgan fingerprint density at radius 3 is 2.40 bits per heavy atom. The second-order valence-electron chi connectivity index (χ2n) is 8.60. The van der Waals surface area contributed by atoms with Gasteiger partial charge in [0, 0.05) is 33.2 Å². The summed E-state index contributed by atoms with van der Waals surface area (Å²) in [4.78, 5) is 18.9. The fraction of sp³-hybridized carbons (Fsp3) is 0.800. The largest absolute Gasteiger partial charge is 0.444 e. The van der Waals surface area contributed by atoms with Crippen molar-refractivity contribution in [2.45, 2.75) is 73.1 Å². The van der Waals surface area contributed by atoms with Gasteiger partial charge in [0.15, 0.2) is 11.8 Å². The normalized spacial score (nSPS) is 12.9. The van der Waals surface area contributed by atoms with E-state index in [-0.39, 0.29) is 42.0 Å². The Morgan fingerprint density at radius 1 is 1.30 bits per heavy atom. The zero-order valence-electron chi connectivity index (χ0n) is 19.9. The first-order valence-corrected chi connectivity index (χ1v) is 10.3. The first-order valence-electron chi connectivity index (χ1n) is 10.3. The fourth-order valence-electron chi connectivity index (χ4n) is 2.67. The molecule has 174 valence electrons. The van der Waals surface area contributed by atoms with Gasteiger partial charge in [0.05, 0.1) is 0 Å². The first kappa shape index (κ1) is 28.4. The fourth-order valence-corrected chi connectivity index (χ4v) is 2.67. The van der Waals surface area contributed by atoms with Crippen LogP contribution in [0.5, 0.6) is 0 Å². The molecule has 1 atom stereocenters. The lowest BCUT2D eigenvalue weighted by Gasteiger charge is -2.28. The van der Waals surface area contributed by atoms with Crippen molar-refractivity contribution in [1.29, 1.82) is 0 Å². The molecule has 0 bridgehead atoms. The molecule has 1 heterocycles. The number of aliphatic imine (C=N–C) groups is 1. The number of amides is 1. The smallest absolute Gasteiger partial charge is 0.407 e. The van der Waals surface area contributed by atoms with Gasteiger partial charge in [-0.1, -0.05) is 13.8 Å². The van der Waals surface area contributed by atoms with Crippen molar-refractivity contribution < 1.29 is 9.53 Å². The standard InChI is InChI=1S/C20H39N7O2.HI/c1-10-21-18(22-13-17-25-24-15(4)27(17)9)26(8)12-11-16(14(2)3)23-19(28)29-20(5,6)7;/h14,16H,10-13H2,1-9H3,(H,21,22)(H,23,28);1H. The second-order valence-corrected chi connectivity index (χ2v) is 8.60. The lowest BCUT2D eigenvalue weighted by atomic mass is 10.0. The van der Waals surface area contributed by atoms with E-state index < -0.39 is 5.60 Å². The predicted molar refractivity (Wildman–Crippen MR) is 131 cm³/mol. The minimum Gasteiger partial charge on any atom is -0.444 e. The summed E-state index contributed by atoms with van der Waals surface area (Å²) in [5.41, 5.74) is -0.508. The van der Waals surface area contributed by atoms with Crippen molar-refractivity contribution >= 4 is 36.0 Å². The van der Waals surface area contributed by atoms with Crippen molar-refractivity contribution in [3.05, 3.63) is 11.6 Å². The van der Waals surface area contributed by atoms with Crippen LogP contribution >= 0.6 is 24.0 Å². The summed E-state index contributed by atoms with van der Waals surface area (Å²) < 4.78 is 7.33. The van der Waals surface area contributed by atoms with Crippen LogP contribution in [0.2, 0.25) is 0 Å². The Hall–Kier alpha value is -1.59. The molecule has 10 heteroatoms. The lowest BCUT2D eigenvalue weighted by Crippen LogP contribution is -2.45. The molecule has 0 aliphatic carbocycles. The average Bonchev–Trinajstić information content (AvgIpc) is 2.92. The van der Waals surface area contributed by atoms with Gasteiger partial charge in [-0.3, -0.25) is 0 Å². The summed E-state index contributed by atoms with van der Waals surface area (Å²) in [6.45, 7) is 15.7. The third-order valence-corrected chi connectivity index (χ3v) is 4.53. The third kappa shape index (κ3) is 9.94. The van der Waals surface area contributed by atoms with Crippen LogP contribution < -0.4 is 10.6 Å². The lowest BCUT2D eigenvalue weighted by molar-refractivity contribution is 0.0486. The summed E-state index contributed by atoms with van der Waals surface area (Å²) >= 11 is 0. The number of carbonyl (C=O) groups is 1. The van der Waals surface area contributed by atoms with E-state index in [9.17, 15) is 4.79 Å². The molecule has 1 unspecified atom stereocenters. The highest BCUT2D eigenvalue weighted by Crippen LogP contribution is 2.11. The quantitative estimate of drug-likeness (QED) is 0.301. The minimum atomic E-state index is -0.508. The summed E-state index contributed by atoms with van der Waals surface area (Å²) in [5, 5.41) is 14.5. The van der Waals surface area contributed by atoms with Crippen LogP contribution in [0.3, 0.4) is 0 Å². The van der Waals surface area contributed by atoms with E-state index in [0.717, 1.165) is 37.1 Å². The zero-order chi connectivity index (χ0) is 22.2. The topological polar surface area (TPSA) is 96.7 Å². The maximum absolute atomic E-state index is 12.1. The molecule has 0 fully saturated rings. The van der Waals surface area contributed by atoms with E-state index in [1.807, 2.05) is 53.3 Å². The number of aromatic nitrogens is 3. The van der Waals surface area contributed by atoms with E-state index >= 15 is 0 Å². The van der Waals surface area contributed by atoms with E-state index in [4.69, 9.17) is 4.74 Å². The number of nitrogens with zero attached hydrogens (tertiary/aromatic N) is 5. The maximum atomic E-state index is 12.1. The molecule has 1 rings (SSSR count). The molecule has 1 aromatic rings. The monoisotopic (exact) mass is 537 g/mol. The van der Waals surface area contributed by atoms with Gasteiger partial charge in [-0.2, -0.15) is 0 Å². The van der Waals surface area contributed by atoms with Gasteiger partial charge in [0.1, 0.15) is 18.0 Å². The Kier molecular flexibility index (Phi) is 12.3. The van der Waals surface area contributed by atoms with Crippen LogP contribution in [-0.2, 0) is 18.3 Å². The van der Waals surface area contributed by atoms with Crippen molar-refractivity contribution in [3.8, 4) is 0 Å². The molecule has 2 N–H and O–H groups in total. The highest BCUT2D eigenvalue weighted by atomic mass is 127. The minimum absolute atomic E-state index is 0. The molecule has 1 aromatic heterocycles. The van der Waals surface area contributed by atoms with Gasteiger partial charge in [-0.05, 0) is 47.0 Å². The van der Waals surface area contributed by atoms with Crippen LogP contribution in [0.1, 0.15) is 59.6 Å². The van der Waals surface area contributed by atoms with E-state index in [2.05, 4.69) is 44.6 Å². The molecule has 0 aliphatic rings. The molecule has 0 spiro atoms. The Morgan fingerprint density at radius 2 is 1.93 bits per heavy atom. The number of aryl methyl sites for hydroxylation is 1. The summed E-state index contributed by atoms with van der Waals surface area (Å²) in [5.74, 6) is 2.77. The number of hydrogen-bond acceptors (Lipinski definition) is 5. The zero-order valence-corrected chi connectivity index (χ0v) is 22.3. The van der Waals surface area contributed by atoms with Gasteiger partial charge in [-0.25, -0.2) is 9.79 Å². The molecule has 1 amide bonds. The molecule has 0 aliphatic heterocycles. The average molecular weight is 537 g/mol. The SMILES string of the molecule is CCNC(=NCc1nnc(C)n1C)N(C)CCC(NC(=O)OC(C)(C)C)C(C)C.I. The van der Waals surface area contributed by atoms with Crippen molar-refractivity contribution in [3.63, 3.8) is 0 Å². The van der Waals surface area contributed by atoms with Gasteiger partial charge in [0.2, 0.25) is 0 Å². The van der Waals surface area contributed by atoms with Gasteiger partial charge in [-0.15, -0.1) is 34.2 Å². The van der Waals surface area contributed by atoms with Crippen molar-refractivity contribution in [1.82, 2.24) is 30.3 Å². The molecule has 0 radical (unpaired) electrons. The number of halogens is 1. The number of ether oxygens (including phenoxy) is 1. The van der Waals surface area contributed by atoms with Gasteiger partial charge < -0.3 is 24.8 Å². The molecule has 9 nitrogen and oxygen atoms in total. The van der Waals surface area contributed by atoms with Crippen LogP contribution in [0.15, 0.2) is 4.99 Å². The first-order chi connectivity index (χ1) is 13.4. The van der Waals surface area contributed by atoms with E-state index in [1.54, 1.807) is 0 Å². The van der Waals surface area contributed by atoms with Gasteiger partial charge in [0.25, 0.3) is 0 Å².